The monoisotopic (exact) mass is 278 g/mol. The fourth-order valence-corrected chi connectivity index (χ4v) is 3.86. The average molecular weight is 278 g/mol. The number of nitrogens with two attached hydrogens (primary N) is 1. The zero-order valence-corrected chi connectivity index (χ0v) is 12.3. The molecule has 1 aliphatic heterocycles. The van der Waals surface area contributed by atoms with Gasteiger partial charge in [0.15, 0.2) is 0 Å². The highest BCUT2D eigenvalue weighted by Crippen LogP contribution is 2.52. The molecule has 2 aliphatic rings. The first-order valence-electron chi connectivity index (χ1n) is 6.64. The smallest absolute Gasteiger partial charge is 0.250 e. The normalized spacial score (nSPS) is 32.0. The van der Waals surface area contributed by atoms with E-state index in [2.05, 4.69) is 25.0 Å². The molecule has 0 amide bonds. The zero-order chi connectivity index (χ0) is 13.6. The van der Waals surface area contributed by atoms with Crippen LogP contribution in [-0.2, 0) is 0 Å². The molecule has 106 valence electrons. The minimum atomic E-state index is -2.55. The summed E-state index contributed by atoms with van der Waals surface area (Å²) >= 11 is 1.81. The van der Waals surface area contributed by atoms with Gasteiger partial charge in [-0.2, -0.15) is 0 Å². The van der Waals surface area contributed by atoms with Crippen molar-refractivity contribution in [1.29, 1.82) is 0 Å². The Morgan fingerprint density at radius 2 is 1.83 bits per heavy atom. The second-order valence-corrected chi connectivity index (χ2v) is 7.75. The molecule has 0 aromatic heterocycles. The van der Waals surface area contributed by atoms with Gasteiger partial charge in [-0.1, -0.05) is 0 Å². The maximum Gasteiger partial charge on any atom is 0.250 e. The lowest BCUT2D eigenvalue weighted by Crippen LogP contribution is -2.52. The third-order valence-corrected chi connectivity index (χ3v) is 6.19. The summed E-state index contributed by atoms with van der Waals surface area (Å²) in [5, 5.41) is 0. The van der Waals surface area contributed by atoms with E-state index >= 15 is 0 Å². The molecule has 1 saturated heterocycles. The van der Waals surface area contributed by atoms with Crippen molar-refractivity contribution in [3.05, 3.63) is 0 Å². The van der Waals surface area contributed by atoms with Crippen molar-refractivity contribution in [3.63, 3.8) is 0 Å². The first kappa shape index (κ1) is 14.5. The first-order chi connectivity index (χ1) is 8.21. The van der Waals surface area contributed by atoms with Crippen LogP contribution in [0.15, 0.2) is 0 Å². The van der Waals surface area contributed by atoms with Crippen molar-refractivity contribution in [1.82, 2.24) is 4.90 Å². The lowest BCUT2D eigenvalue weighted by molar-refractivity contribution is -0.0165. The Morgan fingerprint density at radius 1 is 1.28 bits per heavy atom. The largest absolute Gasteiger partial charge is 0.327 e. The standard InChI is InChI=1S/C13H24F2N2S/c1-11(2,18-3)17-6-4-12(5-7-17)9-13(14,15)8-10(12)16/h10H,4-9,16H2,1-3H3/t10-/m0/s1. The number of hydrogen-bond acceptors (Lipinski definition) is 3. The van der Waals surface area contributed by atoms with Crippen molar-refractivity contribution in [2.75, 3.05) is 19.3 Å². The molecule has 0 unspecified atom stereocenters. The summed E-state index contributed by atoms with van der Waals surface area (Å²) in [4.78, 5) is 2.49. The van der Waals surface area contributed by atoms with Gasteiger partial charge in [-0.25, -0.2) is 8.78 Å². The third kappa shape index (κ3) is 2.54. The van der Waals surface area contributed by atoms with Gasteiger partial charge in [0.25, 0.3) is 0 Å². The quantitative estimate of drug-likeness (QED) is 0.842. The number of rotatable bonds is 2. The van der Waals surface area contributed by atoms with Crippen LogP contribution in [0, 0.1) is 5.41 Å². The molecule has 1 atom stereocenters. The van der Waals surface area contributed by atoms with Gasteiger partial charge < -0.3 is 5.73 Å². The second-order valence-electron chi connectivity index (χ2n) is 6.34. The molecule has 2 N–H and O–H groups in total. The number of alkyl halides is 2. The van der Waals surface area contributed by atoms with Gasteiger partial charge in [0, 0.05) is 32.0 Å². The molecule has 0 aromatic carbocycles. The Bertz CT molecular complexity index is 312. The van der Waals surface area contributed by atoms with Crippen LogP contribution < -0.4 is 5.73 Å². The number of likely N-dealkylation sites (tertiary alicyclic amines) is 1. The minimum absolute atomic E-state index is 0.00525. The van der Waals surface area contributed by atoms with Crippen LogP contribution in [0.2, 0.25) is 0 Å². The molecule has 1 heterocycles. The van der Waals surface area contributed by atoms with Gasteiger partial charge in [0.05, 0.1) is 4.87 Å². The van der Waals surface area contributed by atoms with E-state index in [0.29, 0.717) is 0 Å². The van der Waals surface area contributed by atoms with E-state index in [0.717, 1.165) is 25.9 Å². The van der Waals surface area contributed by atoms with Crippen LogP contribution in [0.25, 0.3) is 0 Å². The van der Waals surface area contributed by atoms with Gasteiger partial charge >= 0.3 is 0 Å². The highest BCUT2D eigenvalue weighted by Gasteiger charge is 2.55. The summed E-state index contributed by atoms with van der Waals surface area (Å²) in [6.45, 7) is 6.16. The number of hydrogen-bond donors (Lipinski definition) is 1. The Labute approximate surface area is 113 Å². The van der Waals surface area contributed by atoms with E-state index < -0.39 is 5.92 Å². The summed E-state index contributed by atoms with van der Waals surface area (Å²) in [6, 6.07) is -0.327. The molecule has 0 bridgehead atoms. The van der Waals surface area contributed by atoms with Gasteiger partial charge in [-0.15, -0.1) is 11.8 Å². The van der Waals surface area contributed by atoms with Crippen molar-refractivity contribution < 1.29 is 8.78 Å². The lowest BCUT2D eigenvalue weighted by atomic mass is 9.74. The molecular weight excluding hydrogens is 254 g/mol. The van der Waals surface area contributed by atoms with Crippen molar-refractivity contribution in [2.45, 2.75) is 56.4 Å². The Morgan fingerprint density at radius 3 is 2.22 bits per heavy atom. The van der Waals surface area contributed by atoms with Crippen LogP contribution in [0.3, 0.4) is 0 Å². The van der Waals surface area contributed by atoms with E-state index in [4.69, 9.17) is 5.73 Å². The summed E-state index contributed by atoms with van der Waals surface area (Å²) in [7, 11) is 0. The molecule has 0 radical (unpaired) electrons. The first-order valence-corrected chi connectivity index (χ1v) is 7.87. The van der Waals surface area contributed by atoms with E-state index in [1.165, 1.54) is 0 Å². The van der Waals surface area contributed by atoms with Crippen molar-refractivity contribution in [3.8, 4) is 0 Å². The summed E-state index contributed by atoms with van der Waals surface area (Å²) in [6.07, 6.45) is 3.59. The number of nitrogens with zero attached hydrogens (tertiary/aromatic N) is 1. The molecule has 1 aliphatic carbocycles. The summed E-state index contributed by atoms with van der Waals surface area (Å²) < 4.78 is 27.0. The highest BCUT2D eigenvalue weighted by molar-refractivity contribution is 7.99. The fraction of sp³-hybridized carbons (Fsp3) is 1.00. The number of piperidine rings is 1. The SMILES string of the molecule is CSC(C)(C)N1CCC2(CC1)CC(F)(F)C[C@@H]2N. The van der Waals surface area contributed by atoms with E-state index in [1.54, 1.807) is 0 Å². The minimum Gasteiger partial charge on any atom is -0.327 e. The summed E-state index contributed by atoms with van der Waals surface area (Å²) in [5.41, 5.74) is 5.69. The molecule has 0 aromatic rings. The molecule has 2 rings (SSSR count). The number of thioether (sulfide) groups is 1. The van der Waals surface area contributed by atoms with Gasteiger partial charge in [0.1, 0.15) is 0 Å². The van der Waals surface area contributed by atoms with Crippen molar-refractivity contribution in [2.24, 2.45) is 11.1 Å². The Balaban J connectivity index is 2.02. The van der Waals surface area contributed by atoms with Crippen LogP contribution >= 0.6 is 11.8 Å². The predicted octanol–water partition coefficient (Wildman–Crippen LogP) is 2.92. The Kier molecular flexibility index (Phi) is 3.71. The topological polar surface area (TPSA) is 29.3 Å². The Hall–Kier alpha value is 0.130. The zero-order valence-electron chi connectivity index (χ0n) is 11.5. The molecule has 1 saturated carbocycles. The van der Waals surface area contributed by atoms with E-state index in [1.807, 2.05) is 11.8 Å². The summed E-state index contributed by atoms with van der Waals surface area (Å²) in [5.74, 6) is -2.55. The van der Waals surface area contributed by atoms with E-state index in [-0.39, 0.29) is 29.2 Å². The van der Waals surface area contributed by atoms with Crippen LogP contribution in [-0.4, -0.2) is 41.1 Å². The van der Waals surface area contributed by atoms with Crippen LogP contribution in [0.5, 0.6) is 0 Å². The average Bonchev–Trinajstić information content (AvgIpc) is 2.49. The molecule has 2 nitrogen and oxygen atoms in total. The van der Waals surface area contributed by atoms with Crippen LogP contribution in [0.4, 0.5) is 8.78 Å². The van der Waals surface area contributed by atoms with Crippen LogP contribution in [0.1, 0.15) is 39.5 Å². The van der Waals surface area contributed by atoms with Gasteiger partial charge in [0.2, 0.25) is 5.92 Å². The lowest BCUT2D eigenvalue weighted by Gasteiger charge is -2.47. The maximum absolute atomic E-state index is 13.5. The van der Waals surface area contributed by atoms with Crippen molar-refractivity contribution >= 4 is 11.8 Å². The molecule has 5 heteroatoms. The van der Waals surface area contributed by atoms with Gasteiger partial charge in [-0.05, 0) is 38.4 Å². The number of halogens is 2. The third-order valence-electron chi connectivity index (χ3n) is 4.94. The second kappa shape index (κ2) is 4.60. The van der Waals surface area contributed by atoms with E-state index in [9.17, 15) is 8.78 Å². The molecule has 2 fully saturated rings. The molecule has 18 heavy (non-hydrogen) atoms. The highest BCUT2D eigenvalue weighted by atomic mass is 32.2. The molecule has 1 spiro atoms. The molecular formula is C13H24F2N2S. The fourth-order valence-electron chi connectivity index (χ4n) is 3.42. The predicted molar refractivity (Wildman–Crippen MR) is 73.0 cm³/mol. The maximum atomic E-state index is 13.5. The van der Waals surface area contributed by atoms with Gasteiger partial charge in [-0.3, -0.25) is 4.90 Å².